The lowest BCUT2D eigenvalue weighted by Gasteiger charge is -2.03. The van der Waals surface area contributed by atoms with E-state index in [2.05, 4.69) is 0 Å². The summed E-state index contributed by atoms with van der Waals surface area (Å²) >= 11 is 0. The highest BCUT2D eigenvalue weighted by Crippen LogP contribution is 2.11. The van der Waals surface area contributed by atoms with Gasteiger partial charge in [-0.1, -0.05) is 30.3 Å². The predicted octanol–water partition coefficient (Wildman–Crippen LogP) is 2.74. The molecule has 1 unspecified atom stereocenters. The van der Waals surface area contributed by atoms with Crippen LogP contribution in [0.1, 0.15) is 15.9 Å². The Morgan fingerprint density at radius 2 is 1.63 bits per heavy atom. The van der Waals surface area contributed by atoms with Gasteiger partial charge in [-0.25, -0.2) is 4.79 Å². The smallest absolute Gasteiger partial charge is 0.335 e. The topological polar surface area (TPSA) is 54.4 Å². The number of aryl methyl sites for hydroxylation is 1. The Morgan fingerprint density at radius 3 is 2.21 bits per heavy atom. The normalized spacial score (nSPS) is 12.0. The molecule has 1 atom stereocenters. The van der Waals surface area contributed by atoms with Gasteiger partial charge in [-0.2, -0.15) is 0 Å². The van der Waals surface area contributed by atoms with E-state index in [1.807, 2.05) is 30.3 Å². The van der Waals surface area contributed by atoms with Gasteiger partial charge in [-0.05, 0) is 36.2 Å². The Kier molecular flexibility index (Phi) is 4.47. The van der Waals surface area contributed by atoms with E-state index >= 15 is 0 Å². The second-order valence-electron chi connectivity index (χ2n) is 4.11. The largest absolute Gasteiger partial charge is 0.478 e. The lowest BCUT2D eigenvalue weighted by Crippen LogP contribution is -2.02. The minimum absolute atomic E-state index is 0.212. The van der Waals surface area contributed by atoms with E-state index in [0.29, 0.717) is 10.6 Å². The third-order valence-corrected chi connectivity index (χ3v) is 4.16. The molecular weight excluding hydrogens is 260 g/mol. The molecule has 1 N–H and O–H groups in total. The summed E-state index contributed by atoms with van der Waals surface area (Å²) < 4.78 is 12.1. The van der Waals surface area contributed by atoms with E-state index in [4.69, 9.17) is 5.11 Å². The number of benzene rings is 2. The van der Waals surface area contributed by atoms with Crippen molar-refractivity contribution in [2.75, 3.05) is 5.75 Å². The van der Waals surface area contributed by atoms with Gasteiger partial charge >= 0.3 is 5.97 Å². The SMILES string of the molecule is O=C(O)c1ccc(S(=O)CCc2ccccc2)cc1. The molecule has 0 radical (unpaired) electrons. The summed E-state index contributed by atoms with van der Waals surface area (Å²) in [5.74, 6) is -0.433. The van der Waals surface area contributed by atoms with Crippen LogP contribution in [0.2, 0.25) is 0 Å². The van der Waals surface area contributed by atoms with Crippen molar-refractivity contribution in [3.63, 3.8) is 0 Å². The summed E-state index contributed by atoms with van der Waals surface area (Å²) in [5.41, 5.74) is 1.36. The maximum absolute atomic E-state index is 12.1. The van der Waals surface area contributed by atoms with E-state index in [1.54, 1.807) is 12.1 Å². The standard InChI is InChI=1S/C15H14O3S/c16-15(17)13-6-8-14(9-7-13)19(18)11-10-12-4-2-1-3-5-12/h1-9H,10-11H2,(H,16,17). The van der Waals surface area contributed by atoms with Gasteiger partial charge in [0.1, 0.15) is 0 Å². The Labute approximate surface area is 114 Å². The zero-order valence-corrected chi connectivity index (χ0v) is 11.1. The fourth-order valence-corrected chi connectivity index (χ4v) is 2.82. The van der Waals surface area contributed by atoms with Crippen LogP contribution in [0.4, 0.5) is 0 Å². The molecule has 2 aromatic rings. The molecule has 4 heteroatoms. The lowest BCUT2D eigenvalue weighted by atomic mass is 10.2. The molecule has 2 rings (SSSR count). The van der Waals surface area contributed by atoms with Crippen LogP contribution in [0.25, 0.3) is 0 Å². The summed E-state index contributed by atoms with van der Waals surface area (Å²) in [6.45, 7) is 0. The maximum atomic E-state index is 12.1. The summed E-state index contributed by atoms with van der Waals surface area (Å²) in [4.78, 5) is 11.4. The van der Waals surface area contributed by atoms with E-state index in [1.165, 1.54) is 12.1 Å². The molecule has 0 aliphatic heterocycles. The van der Waals surface area contributed by atoms with Gasteiger partial charge in [0, 0.05) is 10.6 Å². The fraction of sp³-hybridized carbons (Fsp3) is 0.133. The second-order valence-corrected chi connectivity index (χ2v) is 5.69. The Balaban J connectivity index is 1.98. The highest BCUT2D eigenvalue weighted by Gasteiger charge is 2.06. The second kappa shape index (κ2) is 6.29. The monoisotopic (exact) mass is 274 g/mol. The first-order chi connectivity index (χ1) is 9.16. The van der Waals surface area contributed by atoms with Gasteiger partial charge in [0.25, 0.3) is 0 Å². The van der Waals surface area contributed by atoms with Crippen LogP contribution in [-0.4, -0.2) is 21.0 Å². The van der Waals surface area contributed by atoms with E-state index in [9.17, 15) is 9.00 Å². The van der Waals surface area contributed by atoms with Gasteiger partial charge in [0.05, 0.1) is 16.4 Å². The molecule has 0 aliphatic rings. The predicted molar refractivity (Wildman–Crippen MR) is 74.8 cm³/mol. The number of aromatic carboxylic acids is 1. The van der Waals surface area contributed by atoms with Crippen molar-refractivity contribution in [2.45, 2.75) is 11.3 Å². The minimum Gasteiger partial charge on any atom is -0.478 e. The van der Waals surface area contributed by atoms with Crippen molar-refractivity contribution in [2.24, 2.45) is 0 Å². The first kappa shape index (κ1) is 13.5. The number of rotatable bonds is 5. The number of hydrogen-bond donors (Lipinski definition) is 1. The summed E-state index contributed by atoms with van der Waals surface area (Å²) in [6.07, 6.45) is 0.744. The van der Waals surface area contributed by atoms with Gasteiger partial charge < -0.3 is 5.11 Å². The van der Waals surface area contributed by atoms with Gasteiger partial charge in [0.2, 0.25) is 0 Å². The third-order valence-electron chi connectivity index (χ3n) is 2.78. The first-order valence-corrected chi connectivity index (χ1v) is 7.24. The Hall–Kier alpha value is -1.94. The van der Waals surface area contributed by atoms with Crippen molar-refractivity contribution in [3.05, 3.63) is 65.7 Å². The van der Waals surface area contributed by atoms with E-state index in [0.717, 1.165) is 12.0 Å². The lowest BCUT2D eigenvalue weighted by molar-refractivity contribution is 0.0697. The number of carboxylic acid groups (broad SMARTS) is 1. The van der Waals surface area contributed by atoms with Crippen LogP contribution >= 0.6 is 0 Å². The maximum Gasteiger partial charge on any atom is 0.335 e. The minimum atomic E-state index is -1.10. The van der Waals surface area contributed by atoms with Crippen LogP contribution in [0.5, 0.6) is 0 Å². The van der Waals surface area contributed by atoms with Crippen LogP contribution in [-0.2, 0) is 17.2 Å². The summed E-state index contributed by atoms with van der Waals surface area (Å²) in [6, 6.07) is 16.1. The molecule has 0 spiro atoms. The molecule has 98 valence electrons. The van der Waals surface area contributed by atoms with Crippen molar-refractivity contribution >= 4 is 16.8 Å². The van der Waals surface area contributed by atoms with Crippen LogP contribution in [0.15, 0.2) is 59.5 Å². The van der Waals surface area contributed by atoms with Gasteiger partial charge in [0.15, 0.2) is 0 Å². The third kappa shape index (κ3) is 3.76. The number of hydrogen-bond acceptors (Lipinski definition) is 2. The van der Waals surface area contributed by atoms with Crippen LogP contribution < -0.4 is 0 Å². The zero-order chi connectivity index (χ0) is 13.7. The molecule has 0 bridgehead atoms. The average Bonchev–Trinajstić information content (AvgIpc) is 2.46. The summed E-state index contributed by atoms with van der Waals surface area (Å²) in [7, 11) is -1.10. The van der Waals surface area contributed by atoms with E-state index in [-0.39, 0.29) is 5.56 Å². The highest BCUT2D eigenvalue weighted by atomic mass is 32.2. The molecule has 19 heavy (non-hydrogen) atoms. The molecule has 0 amide bonds. The molecule has 0 saturated heterocycles. The van der Waals surface area contributed by atoms with Gasteiger partial charge in [-0.15, -0.1) is 0 Å². The molecule has 0 heterocycles. The number of carboxylic acids is 1. The molecule has 0 saturated carbocycles. The van der Waals surface area contributed by atoms with Crippen molar-refractivity contribution in [1.82, 2.24) is 0 Å². The first-order valence-electron chi connectivity index (χ1n) is 5.92. The van der Waals surface area contributed by atoms with Crippen LogP contribution in [0, 0.1) is 0 Å². The van der Waals surface area contributed by atoms with Crippen molar-refractivity contribution in [3.8, 4) is 0 Å². The Bertz CT molecular complexity index is 576. The highest BCUT2D eigenvalue weighted by molar-refractivity contribution is 7.85. The van der Waals surface area contributed by atoms with Gasteiger partial charge in [-0.3, -0.25) is 4.21 Å². The summed E-state index contributed by atoms with van der Waals surface area (Å²) in [5, 5.41) is 8.79. The molecule has 0 aromatic heterocycles. The molecular formula is C15H14O3S. The quantitative estimate of drug-likeness (QED) is 0.912. The average molecular weight is 274 g/mol. The van der Waals surface area contributed by atoms with Crippen molar-refractivity contribution < 1.29 is 14.1 Å². The fourth-order valence-electron chi connectivity index (χ4n) is 1.72. The number of carbonyl (C=O) groups is 1. The van der Waals surface area contributed by atoms with Crippen LogP contribution in [0.3, 0.4) is 0 Å². The van der Waals surface area contributed by atoms with Crippen molar-refractivity contribution in [1.29, 1.82) is 0 Å². The molecule has 2 aromatic carbocycles. The molecule has 3 nitrogen and oxygen atoms in total. The Morgan fingerprint density at radius 1 is 1.00 bits per heavy atom. The zero-order valence-electron chi connectivity index (χ0n) is 10.3. The molecule has 0 aliphatic carbocycles. The van der Waals surface area contributed by atoms with E-state index < -0.39 is 16.8 Å². The molecule has 0 fully saturated rings.